The number of hydrogen-bond donors (Lipinski definition) is 1. The van der Waals surface area contributed by atoms with Crippen LogP contribution >= 0.6 is 11.8 Å². The monoisotopic (exact) mass is 500 g/mol. The van der Waals surface area contributed by atoms with E-state index in [0.717, 1.165) is 23.6 Å². The molecule has 0 saturated heterocycles. The van der Waals surface area contributed by atoms with Crippen LogP contribution in [0.15, 0.2) is 52.9 Å². The van der Waals surface area contributed by atoms with Gasteiger partial charge >= 0.3 is 6.18 Å². The SMILES string of the molecule is CSc1ncc2c(n1)N1CCN=C1C(c1ccc(C(=O)Nc3cc(C(F)(F)F)ccn3)c(F)c1)=C2. The van der Waals surface area contributed by atoms with Crippen LogP contribution in [0, 0.1) is 5.82 Å². The Morgan fingerprint density at radius 3 is 2.74 bits per heavy atom. The van der Waals surface area contributed by atoms with Crippen molar-refractivity contribution in [2.75, 3.05) is 29.6 Å². The molecule has 0 radical (unpaired) electrons. The molecule has 0 spiro atoms. The fourth-order valence-corrected chi connectivity index (χ4v) is 4.16. The topological polar surface area (TPSA) is 83.4 Å². The molecule has 2 aliphatic heterocycles. The molecule has 0 unspecified atom stereocenters. The number of nitrogens with zero attached hydrogens (tertiary/aromatic N) is 5. The van der Waals surface area contributed by atoms with E-state index in [1.165, 1.54) is 23.9 Å². The zero-order chi connectivity index (χ0) is 24.7. The molecule has 0 fully saturated rings. The van der Waals surface area contributed by atoms with E-state index in [0.29, 0.717) is 41.3 Å². The molecule has 3 aromatic rings. The summed E-state index contributed by atoms with van der Waals surface area (Å²) in [4.78, 5) is 31.6. The predicted octanol–water partition coefficient (Wildman–Crippen LogP) is 4.78. The lowest BCUT2D eigenvalue weighted by atomic mass is 9.97. The maximum absolute atomic E-state index is 15.0. The zero-order valence-corrected chi connectivity index (χ0v) is 18.9. The molecule has 2 aliphatic rings. The second-order valence-electron chi connectivity index (χ2n) is 7.63. The summed E-state index contributed by atoms with van der Waals surface area (Å²) >= 11 is 1.42. The molecule has 2 aromatic heterocycles. The van der Waals surface area contributed by atoms with Crippen LogP contribution in [0.3, 0.4) is 0 Å². The van der Waals surface area contributed by atoms with Crippen molar-refractivity contribution in [3.05, 3.63) is 70.8 Å². The van der Waals surface area contributed by atoms with Crippen LogP contribution in [0.1, 0.15) is 27.0 Å². The molecule has 1 N–H and O–H groups in total. The average Bonchev–Trinajstić information content (AvgIpc) is 3.33. The van der Waals surface area contributed by atoms with Gasteiger partial charge in [-0.05, 0) is 42.2 Å². The third kappa shape index (κ3) is 4.36. The predicted molar refractivity (Wildman–Crippen MR) is 125 cm³/mol. The van der Waals surface area contributed by atoms with Crippen molar-refractivity contribution < 1.29 is 22.4 Å². The van der Waals surface area contributed by atoms with E-state index in [4.69, 9.17) is 0 Å². The minimum absolute atomic E-state index is 0.331. The van der Waals surface area contributed by atoms with Crippen molar-refractivity contribution in [1.82, 2.24) is 15.0 Å². The number of halogens is 4. The lowest BCUT2D eigenvalue weighted by Crippen LogP contribution is -2.32. The van der Waals surface area contributed by atoms with Gasteiger partial charge in [-0.2, -0.15) is 13.2 Å². The Morgan fingerprint density at radius 1 is 1.17 bits per heavy atom. The molecule has 1 aromatic carbocycles. The van der Waals surface area contributed by atoms with Crippen molar-refractivity contribution in [3.8, 4) is 0 Å². The van der Waals surface area contributed by atoms with E-state index >= 15 is 0 Å². The summed E-state index contributed by atoms with van der Waals surface area (Å²) in [6, 6.07) is 5.50. The van der Waals surface area contributed by atoms with Gasteiger partial charge in [0, 0.05) is 30.1 Å². The Bertz CT molecular complexity index is 1400. The lowest BCUT2D eigenvalue weighted by molar-refractivity contribution is -0.137. The highest BCUT2D eigenvalue weighted by atomic mass is 32.2. The van der Waals surface area contributed by atoms with Crippen molar-refractivity contribution in [2.45, 2.75) is 11.3 Å². The largest absolute Gasteiger partial charge is 0.416 e. The Kier molecular flexibility index (Phi) is 5.75. The van der Waals surface area contributed by atoms with E-state index in [2.05, 4.69) is 25.3 Å². The summed E-state index contributed by atoms with van der Waals surface area (Å²) in [7, 11) is 0. The highest BCUT2D eigenvalue weighted by Crippen LogP contribution is 2.36. The molecule has 0 saturated carbocycles. The summed E-state index contributed by atoms with van der Waals surface area (Å²) in [5.41, 5.74) is 0.598. The van der Waals surface area contributed by atoms with Gasteiger partial charge in [0.2, 0.25) is 0 Å². The van der Waals surface area contributed by atoms with Crippen LogP contribution in [0.2, 0.25) is 0 Å². The molecule has 0 bridgehead atoms. The van der Waals surface area contributed by atoms with Crippen LogP contribution in [0.4, 0.5) is 29.2 Å². The first kappa shape index (κ1) is 23.0. The van der Waals surface area contributed by atoms with E-state index < -0.39 is 23.5 Å². The van der Waals surface area contributed by atoms with Crippen LogP contribution in [0.25, 0.3) is 11.6 Å². The van der Waals surface area contributed by atoms with Gasteiger partial charge in [-0.1, -0.05) is 17.8 Å². The number of hydrogen-bond acceptors (Lipinski definition) is 7. The molecular formula is C23H16F4N6OS. The number of carbonyl (C=O) groups is 1. The van der Waals surface area contributed by atoms with Gasteiger partial charge in [-0.15, -0.1) is 0 Å². The number of amides is 1. The summed E-state index contributed by atoms with van der Waals surface area (Å²) in [5, 5.41) is 2.84. The third-order valence-corrected chi connectivity index (χ3v) is 6.01. The number of thioether (sulfide) groups is 1. The Balaban J connectivity index is 1.44. The van der Waals surface area contributed by atoms with Crippen molar-refractivity contribution in [3.63, 3.8) is 0 Å². The molecule has 5 rings (SSSR count). The number of aromatic nitrogens is 3. The zero-order valence-electron chi connectivity index (χ0n) is 18.1. The number of amidine groups is 1. The Labute approximate surface area is 201 Å². The van der Waals surface area contributed by atoms with Gasteiger partial charge in [0.15, 0.2) is 5.16 Å². The molecule has 178 valence electrons. The quantitative estimate of drug-likeness (QED) is 0.316. The number of fused-ring (bicyclic) bond motifs is 3. The molecule has 12 heteroatoms. The molecule has 0 aliphatic carbocycles. The molecule has 7 nitrogen and oxygen atoms in total. The first-order chi connectivity index (χ1) is 16.7. The summed E-state index contributed by atoms with van der Waals surface area (Å²) in [6.07, 6.45) is 1.73. The van der Waals surface area contributed by atoms with E-state index in [-0.39, 0.29) is 11.4 Å². The smallest absolute Gasteiger partial charge is 0.308 e. The molecule has 4 heterocycles. The van der Waals surface area contributed by atoms with Crippen molar-refractivity contribution >= 4 is 46.8 Å². The maximum Gasteiger partial charge on any atom is 0.416 e. The number of alkyl halides is 3. The van der Waals surface area contributed by atoms with Gasteiger partial charge in [0.1, 0.15) is 23.3 Å². The fraction of sp³-hybridized carbons (Fsp3) is 0.174. The first-order valence-corrected chi connectivity index (χ1v) is 11.6. The van der Waals surface area contributed by atoms with Gasteiger partial charge in [-0.3, -0.25) is 9.79 Å². The minimum Gasteiger partial charge on any atom is -0.308 e. The highest BCUT2D eigenvalue weighted by molar-refractivity contribution is 7.98. The summed E-state index contributed by atoms with van der Waals surface area (Å²) < 4.78 is 53.7. The van der Waals surface area contributed by atoms with Crippen LogP contribution in [0.5, 0.6) is 0 Å². The van der Waals surface area contributed by atoms with Gasteiger partial charge in [0.05, 0.1) is 17.7 Å². The number of rotatable bonds is 4. The van der Waals surface area contributed by atoms with Crippen LogP contribution < -0.4 is 10.2 Å². The van der Waals surface area contributed by atoms with Gasteiger partial charge in [-0.25, -0.2) is 19.3 Å². The first-order valence-electron chi connectivity index (χ1n) is 10.3. The standard InChI is InChI=1S/C23H16F4N6OS/c1-35-22-30-11-13-8-16(20-29-6-7-33(20)19(13)32-22)12-2-3-15(17(24)9-12)21(34)31-18-10-14(4-5-28-18)23(25,26)27/h2-5,8-11H,6-7H2,1H3,(H,28,31,34). The lowest BCUT2D eigenvalue weighted by Gasteiger charge is -2.27. The Morgan fingerprint density at radius 2 is 2.00 bits per heavy atom. The summed E-state index contributed by atoms with van der Waals surface area (Å²) in [5.74, 6) is -0.706. The molecular weight excluding hydrogens is 484 g/mol. The van der Waals surface area contributed by atoms with Crippen molar-refractivity contribution in [2.24, 2.45) is 4.99 Å². The third-order valence-electron chi connectivity index (χ3n) is 5.45. The van der Waals surface area contributed by atoms with Gasteiger partial charge < -0.3 is 10.2 Å². The van der Waals surface area contributed by atoms with Crippen molar-refractivity contribution in [1.29, 1.82) is 0 Å². The second kappa shape index (κ2) is 8.77. The number of nitrogens with one attached hydrogen (secondary N) is 1. The number of carbonyl (C=O) groups excluding carboxylic acids is 1. The highest BCUT2D eigenvalue weighted by Gasteiger charge is 2.32. The van der Waals surface area contributed by atoms with E-state index in [1.54, 1.807) is 12.3 Å². The average molecular weight is 500 g/mol. The fourth-order valence-electron chi connectivity index (χ4n) is 3.82. The molecule has 1 amide bonds. The normalized spacial score (nSPS) is 14.7. The second-order valence-corrected chi connectivity index (χ2v) is 8.40. The molecule has 35 heavy (non-hydrogen) atoms. The maximum atomic E-state index is 15.0. The minimum atomic E-state index is -4.60. The van der Waals surface area contributed by atoms with E-state index in [1.807, 2.05) is 17.2 Å². The molecule has 0 atom stereocenters. The van der Waals surface area contributed by atoms with Crippen LogP contribution in [-0.2, 0) is 6.18 Å². The number of pyridine rings is 1. The number of aliphatic imine (C=N–C) groups is 1. The Hall–Kier alpha value is -3.80. The number of anilines is 2. The van der Waals surface area contributed by atoms with E-state index in [9.17, 15) is 22.4 Å². The van der Waals surface area contributed by atoms with Gasteiger partial charge in [0.25, 0.3) is 5.91 Å². The number of benzene rings is 1. The summed E-state index contributed by atoms with van der Waals surface area (Å²) in [6.45, 7) is 1.18. The van der Waals surface area contributed by atoms with Crippen LogP contribution in [-0.4, -0.2) is 46.0 Å².